The minimum atomic E-state index is -0.571. The Morgan fingerprint density at radius 2 is 1.79 bits per heavy atom. The predicted molar refractivity (Wildman–Crippen MR) is 138 cm³/mol. The van der Waals surface area contributed by atoms with E-state index >= 15 is 0 Å². The summed E-state index contributed by atoms with van der Waals surface area (Å²) in [6, 6.07) is 26.8. The molecule has 3 aromatic rings. The molecule has 0 radical (unpaired) electrons. The molecule has 0 spiro atoms. The van der Waals surface area contributed by atoms with Crippen LogP contribution >= 0.6 is 11.8 Å². The van der Waals surface area contributed by atoms with Crippen LogP contribution in [0.5, 0.6) is 5.75 Å². The maximum atomic E-state index is 13.2. The summed E-state index contributed by atoms with van der Waals surface area (Å²) in [6.07, 6.45) is 0.826. The maximum absolute atomic E-state index is 13.2. The molecule has 6 nitrogen and oxygen atoms in total. The Bertz CT molecular complexity index is 1150. The number of amidine groups is 1. The van der Waals surface area contributed by atoms with Crippen LogP contribution < -0.4 is 10.1 Å². The zero-order valence-corrected chi connectivity index (χ0v) is 19.8. The van der Waals surface area contributed by atoms with Gasteiger partial charge in [-0.25, -0.2) is 4.99 Å². The number of amides is 2. The number of nitrogens with zero attached hydrogens (tertiary/aromatic N) is 2. The van der Waals surface area contributed by atoms with Gasteiger partial charge in [0.25, 0.3) is 0 Å². The number of ether oxygens (including phenoxy) is 1. The molecule has 3 aromatic carbocycles. The average molecular weight is 474 g/mol. The van der Waals surface area contributed by atoms with E-state index in [0.717, 1.165) is 11.3 Å². The number of nitrogens with one attached hydrogen (secondary N) is 1. The van der Waals surface area contributed by atoms with Crippen molar-refractivity contribution in [3.63, 3.8) is 0 Å². The summed E-state index contributed by atoms with van der Waals surface area (Å²) in [5.74, 6) is 0.356. The maximum Gasteiger partial charge on any atom is 0.238 e. The average Bonchev–Trinajstić information content (AvgIpc) is 2.85. The Morgan fingerprint density at radius 1 is 1.06 bits per heavy atom. The Kier molecular flexibility index (Phi) is 7.99. The molecule has 1 unspecified atom stereocenters. The highest BCUT2D eigenvalue weighted by Gasteiger charge is 2.35. The van der Waals surface area contributed by atoms with Crippen molar-refractivity contribution >= 4 is 40.1 Å². The highest BCUT2D eigenvalue weighted by atomic mass is 32.2. The van der Waals surface area contributed by atoms with Gasteiger partial charge in [-0.15, -0.1) is 0 Å². The van der Waals surface area contributed by atoms with Crippen molar-refractivity contribution < 1.29 is 14.3 Å². The number of carbonyl (C=O) groups is 2. The molecule has 7 heteroatoms. The van der Waals surface area contributed by atoms with Crippen LogP contribution in [0.4, 0.5) is 11.4 Å². The third-order valence-electron chi connectivity index (χ3n) is 5.29. The van der Waals surface area contributed by atoms with Gasteiger partial charge in [-0.1, -0.05) is 66.4 Å². The molecule has 0 bridgehead atoms. The number of thioether (sulfide) groups is 1. The molecule has 0 aliphatic carbocycles. The lowest BCUT2D eigenvalue weighted by atomic mass is 10.1. The predicted octanol–water partition coefficient (Wildman–Crippen LogP) is 5.29. The van der Waals surface area contributed by atoms with Gasteiger partial charge in [-0.3, -0.25) is 14.5 Å². The normalized spacial score (nSPS) is 17.0. The number of rotatable bonds is 8. The number of benzene rings is 3. The molecule has 4 rings (SSSR count). The molecular weight excluding hydrogens is 446 g/mol. The first kappa shape index (κ1) is 23.6. The summed E-state index contributed by atoms with van der Waals surface area (Å²) in [6.45, 7) is 2.96. The molecule has 34 heavy (non-hydrogen) atoms. The first-order chi connectivity index (χ1) is 16.6. The van der Waals surface area contributed by atoms with E-state index in [2.05, 4.69) is 5.32 Å². The van der Waals surface area contributed by atoms with E-state index in [1.165, 1.54) is 11.8 Å². The van der Waals surface area contributed by atoms with Crippen molar-refractivity contribution in [2.75, 3.05) is 18.5 Å². The quantitative estimate of drug-likeness (QED) is 0.483. The number of hydrogen-bond acceptors (Lipinski definition) is 5. The van der Waals surface area contributed by atoms with E-state index in [4.69, 9.17) is 9.73 Å². The molecule has 2 amide bonds. The Hall–Kier alpha value is -3.58. The number of para-hydroxylation sites is 1. The minimum absolute atomic E-state index is 0.104. The summed E-state index contributed by atoms with van der Waals surface area (Å²) in [5.41, 5.74) is 2.53. The van der Waals surface area contributed by atoms with E-state index < -0.39 is 5.25 Å². The molecule has 1 saturated heterocycles. The lowest BCUT2D eigenvalue weighted by Gasteiger charge is -2.32. The highest BCUT2D eigenvalue weighted by molar-refractivity contribution is 8.15. The largest absolute Gasteiger partial charge is 0.494 e. The molecule has 0 saturated carbocycles. The van der Waals surface area contributed by atoms with Crippen LogP contribution in [-0.2, 0) is 16.0 Å². The summed E-state index contributed by atoms with van der Waals surface area (Å²) >= 11 is 1.33. The number of anilines is 1. The fourth-order valence-electron chi connectivity index (χ4n) is 3.61. The standard InChI is InChI=1S/C27H27N3O3S/c1-2-33-23-15-9-14-22(18-23)28-26(32)24-19-25(31)30(17-16-20-10-5-3-6-11-20)27(34-24)29-21-12-7-4-8-13-21/h3-15,18,24H,2,16-17,19H2,1H3,(H,28,32). The minimum Gasteiger partial charge on any atom is -0.494 e. The highest BCUT2D eigenvalue weighted by Crippen LogP contribution is 2.30. The van der Waals surface area contributed by atoms with Gasteiger partial charge in [0, 0.05) is 24.7 Å². The van der Waals surface area contributed by atoms with Crippen molar-refractivity contribution in [2.45, 2.75) is 25.0 Å². The van der Waals surface area contributed by atoms with Crippen LogP contribution in [0.25, 0.3) is 0 Å². The van der Waals surface area contributed by atoms with Gasteiger partial charge >= 0.3 is 0 Å². The lowest BCUT2D eigenvalue weighted by Crippen LogP contribution is -2.46. The zero-order valence-electron chi connectivity index (χ0n) is 19.0. The van der Waals surface area contributed by atoms with E-state index in [0.29, 0.717) is 36.2 Å². The van der Waals surface area contributed by atoms with Gasteiger partial charge < -0.3 is 10.1 Å². The SMILES string of the molecule is CCOc1cccc(NC(=O)C2CC(=O)N(CCc3ccccc3)C(=Nc3ccccc3)S2)c1. The Morgan fingerprint density at radius 3 is 2.53 bits per heavy atom. The van der Waals surface area contributed by atoms with Crippen molar-refractivity contribution in [3.8, 4) is 5.75 Å². The number of aliphatic imine (C=N–C) groups is 1. The second kappa shape index (κ2) is 11.5. The van der Waals surface area contributed by atoms with Crippen molar-refractivity contribution in [1.82, 2.24) is 4.90 Å². The molecule has 1 aliphatic heterocycles. The first-order valence-corrected chi connectivity index (χ1v) is 12.2. The summed E-state index contributed by atoms with van der Waals surface area (Å²) < 4.78 is 5.52. The first-order valence-electron chi connectivity index (χ1n) is 11.3. The van der Waals surface area contributed by atoms with Gasteiger partial charge in [-0.2, -0.15) is 0 Å². The van der Waals surface area contributed by atoms with E-state index in [9.17, 15) is 9.59 Å². The Labute approximate surface area is 204 Å². The monoisotopic (exact) mass is 473 g/mol. The van der Waals surface area contributed by atoms with Crippen LogP contribution in [0.2, 0.25) is 0 Å². The van der Waals surface area contributed by atoms with Crippen LogP contribution in [0.1, 0.15) is 18.9 Å². The number of hydrogen-bond donors (Lipinski definition) is 1. The van der Waals surface area contributed by atoms with Gasteiger partial charge in [0.05, 0.1) is 12.3 Å². The molecule has 1 heterocycles. The van der Waals surface area contributed by atoms with E-state index in [-0.39, 0.29) is 18.2 Å². The molecule has 1 atom stereocenters. The van der Waals surface area contributed by atoms with Crippen LogP contribution in [0.15, 0.2) is 89.9 Å². The fraction of sp³-hybridized carbons (Fsp3) is 0.222. The molecule has 1 fully saturated rings. The molecule has 174 valence electrons. The summed E-state index contributed by atoms with van der Waals surface area (Å²) in [5, 5.41) is 2.90. The van der Waals surface area contributed by atoms with E-state index in [1.54, 1.807) is 17.0 Å². The van der Waals surface area contributed by atoms with Gasteiger partial charge in [0.15, 0.2) is 5.17 Å². The molecule has 0 aromatic heterocycles. The second-order valence-corrected chi connectivity index (χ2v) is 8.94. The van der Waals surface area contributed by atoms with Crippen molar-refractivity contribution in [2.24, 2.45) is 4.99 Å². The van der Waals surface area contributed by atoms with E-state index in [1.807, 2.05) is 79.7 Å². The van der Waals surface area contributed by atoms with Crippen molar-refractivity contribution in [1.29, 1.82) is 0 Å². The van der Waals surface area contributed by atoms with Crippen LogP contribution in [-0.4, -0.2) is 40.3 Å². The lowest BCUT2D eigenvalue weighted by molar-refractivity contribution is -0.129. The molecule has 1 N–H and O–H groups in total. The van der Waals surface area contributed by atoms with Crippen molar-refractivity contribution in [3.05, 3.63) is 90.5 Å². The summed E-state index contributed by atoms with van der Waals surface area (Å²) in [4.78, 5) is 32.6. The molecule has 1 aliphatic rings. The third-order valence-corrected chi connectivity index (χ3v) is 6.48. The second-order valence-electron chi connectivity index (χ2n) is 7.77. The third kappa shape index (κ3) is 6.26. The fourth-order valence-corrected chi connectivity index (χ4v) is 4.74. The van der Waals surface area contributed by atoms with Gasteiger partial charge in [0.1, 0.15) is 11.0 Å². The van der Waals surface area contributed by atoms with Crippen LogP contribution in [0.3, 0.4) is 0 Å². The van der Waals surface area contributed by atoms with Gasteiger partial charge in [-0.05, 0) is 43.2 Å². The number of carbonyl (C=O) groups excluding carboxylic acids is 2. The topological polar surface area (TPSA) is 71.0 Å². The van der Waals surface area contributed by atoms with Gasteiger partial charge in [0.2, 0.25) is 11.8 Å². The summed E-state index contributed by atoms with van der Waals surface area (Å²) in [7, 11) is 0. The smallest absolute Gasteiger partial charge is 0.238 e. The van der Waals surface area contributed by atoms with Crippen LogP contribution in [0, 0.1) is 0 Å². The Balaban J connectivity index is 1.52. The zero-order chi connectivity index (χ0) is 23.8. The molecular formula is C27H27N3O3S.